The van der Waals surface area contributed by atoms with Gasteiger partial charge in [-0.3, -0.25) is 0 Å². The third-order valence-corrected chi connectivity index (χ3v) is 1.90. The first-order valence-electron chi connectivity index (χ1n) is 3.68. The summed E-state index contributed by atoms with van der Waals surface area (Å²) in [5.74, 6) is 0. The van der Waals surface area contributed by atoms with Gasteiger partial charge in [0, 0.05) is 6.20 Å². The largest absolute Gasteiger partial charge is 0.203 e. The third kappa shape index (κ3) is 2.42. The van der Waals surface area contributed by atoms with Crippen LogP contribution in [0.4, 0.5) is 0 Å². The van der Waals surface area contributed by atoms with Gasteiger partial charge in [-0.2, -0.15) is 0 Å². The number of hydrogen-bond donors (Lipinski definition) is 0. The van der Waals surface area contributed by atoms with E-state index >= 15 is 0 Å². The molecule has 0 aromatic carbocycles. The fraction of sp³-hybridized carbons (Fsp3) is 0.625. The maximum Gasteiger partial charge on any atom is 0.0634 e. The molecule has 10 heavy (non-hydrogen) atoms. The van der Waals surface area contributed by atoms with Crippen LogP contribution in [0.5, 0.6) is 0 Å². The predicted octanol–water partition coefficient (Wildman–Crippen LogP) is 2.94. The second kappa shape index (κ2) is 4.37. The van der Waals surface area contributed by atoms with Crippen molar-refractivity contribution in [2.75, 3.05) is 0 Å². The molecule has 1 rings (SSSR count). The zero-order valence-corrected chi connectivity index (χ0v) is 6.78. The zero-order valence-electron chi connectivity index (χ0n) is 5.97. The van der Waals surface area contributed by atoms with Gasteiger partial charge in [-0.25, -0.2) is 4.99 Å². The monoisotopic (exact) mass is 153 g/mol. The molecule has 1 aliphatic carbocycles. The Morgan fingerprint density at radius 2 is 2.00 bits per heavy atom. The van der Waals surface area contributed by atoms with Crippen LogP contribution in [0, 0.1) is 0 Å². The zero-order chi connectivity index (χ0) is 7.23. The Bertz CT molecular complexity index is 170. The smallest absolute Gasteiger partial charge is 0.0634 e. The maximum absolute atomic E-state index is 4.46. The van der Waals surface area contributed by atoms with E-state index in [4.69, 9.17) is 0 Å². The van der Waals surface area contributed by atoms with Gasteiger partial charge < -0.3 is 0 Å². The van der Waals surface area contributed by atoms with E-state index < -0.39 is 0 Å². The first-order valence-corrected chi connectivity index (χ1v) is 4.09. The van der Waals surface area contributed by atoms with Crippen molar-refractivity contribution in [3.63, 3.8) is 0 Å². The van der Waals surface area contributed by atoms with Crippen LogP contribution in [-0.2, 0) is 0 Å². The minimum atomic E-state index is 1.21. The normalized spacial score (nSPS) is 17.8. The van der Waals surface area contributed by atoms with E-state index in [1.54, 1.807) is 0 Å². The van der Waals surface area contributed by atoms with Gasteiger partial charge in [-0.1, -0.05) is 12.0 Å². The molecule has 0 spiro atoms. The lowest BCUT2D eigenvalue weighted by atomic mass is 9.96. The van der Waals surface area contributed by atoms with E-state index in [2.05, 4.69) is 22.4 Å². The van der Waals surface area contributed by atoms with Crippen LogP contribution in [0.1, 0.15) is 32.1 Å². The van der Waals surface area contributed by atoms with E-state index in [9.17, 15) is 0 Å². The number of hydrogen-bond acceptors (Lipinski definition) is 2. The van der Waals surface area contributed by atoms with Gasteiger partial charge in [0.05, 0.1) is 5.16 Å². The van der Waals surface area contributed by atoms with Crippen molar-refractivity contribution in [2.45, 2.75) is 32.1 Å². The molecule has 1 nitrogen and oxygen atoms in total. The van der Waals surface area contributed by atoms with E-state index in [1.807, 2.05) is 6.20 Å². The molecule has 0 aromatic heterocycles. The van der Waals surface area contributed by atoms with E-state index in [-0.39, 0.29) is 0 Å². The number of allylic oxidation sites excluding steroid dienone is 1. The van der Waals surface area contributed by atoms with Crippen molar-refractivity contribution in [3.05, 3.63) is 11.8 Å². The molecule has 54 valence electrons. The SMILES string of the molecule is S=C=NC=C1CCCCC1. The second-order valence-electron chi connectivity index (χ2n) is 2.57. The molecule has 1 saturated carbocycles. The number of thiocarbonyl (C=S) groups is 1. The molecule has 1 aliphatic rings. The minimum absolute atomic E-state index is 1.21. The summed E-state index contributed by atoms with van der Waals surface area (Å²) in [6.45, 7) is 0. The van der Waals surface area contributed by atoms with Crippen molar-refractivity contribution < 1.29 is 0 Å². The third-order valence-electron chi connectivity index (χ3n) is 1.80. The Morgan fingerprint density at radius 1 is 1.30 bits per heavy atom. The van der Waals surface area contributed by atoms with Gasteiger partial charge in [-0.05, 0) is 37.9 Å². The number of nitrogens with zero attached hydrogens (tertiary/aromatic N) is 1. The fourth-order valence-electron chi connectivity index (χ4n) is 1.25. The Hall–Kier alpha value is -0.460. The second-order valence-corrected chi connectivity index (χ2v) is 2.75. The first kappa shape index (κ1) is 7.64. The highest BCUT2D eigenvalue weighted by Crippen LogP contribution is 2.22. The lowest BCUT2D eigenvalue weighted by molar-refractivity contribution is 0.598. The molecular formula is C8H11NS. The molecule has 0 unspecified atom stereocenters. The van der Waals surface area contributed by atoms with Crippen LogP contribution in [0.2, 0.25) is 0 Å². The Labute approximate surface area is 66.9 Å². The molecule has 2 heteroatoms. The summed E-state index contributed by atoms with van der Waals surface area (Å²) in [4.78, 5) is 3.80. The highest BCUT2D eigenvalue weighted by molar-refractivity contribution is 7.78. The summed E-state index contributed by atoms with van der Waals surface area (Å²) >= 11 is 4.46. The molecule has 0 amide bonds. The highest BCUT2D eigenvalue weighted by atomic mass is 32.1. The summed E-state index contributed by atoms with van der Waals surface area (Å²) in [6, 6.07) is 0. The Balaban J connectivity index is 2.44. The molecule has 0 aromatic rings. The fourth-order valence-corrected chi connectivity index (χ4v) is 1.31. The van der Waals surface area contributed by atoms with Crippen LogP contribution in [0.25, 0.3) is 0 Å². The average molecular weight is 153 g/mol. The lowest BCUT2D eigenvalue weighted by Gasteiger charge is -2.11. The molecule has 0 heterocycles. The van der Waals surface area contributed by atoms with Crippen LogP contribution in [0.15, 0.2) is 16.8 Å². The molecule has 0 atom stereocenters. The summed E-state index contributed by atoms with van der Waals surface area (Å²) in [5, 5.41) is 2.35. The summed E-state index contributed by atoms with van der Waals surface area (Å²) in [7, 11) is 0. The first-order chi connectivity index (χ1) is 4.93. The quantitative estimate of drug-likeness (QED) is 0.417. The van der Waals surface area contributed by atoms with E-state index in [0.29, 0.717) is 0 Å². The van der Waals surface area contributed by atoms with Crippen molar-refractivity contribution in [1.29, 1.82) is 0 Å². The van der Waals surface area contributed by atoms with E-state index in [1.165, 1.54) is 37.7 Å². The topological polar surface area (TPSA) is 12.4 Å². The molecule has 1 fully saturated rings. The number of rotatable bonds is 1. The Morgan fingerprint density at radius 3 is 2.60 bits per heavy atom. The molecule has 0 saturated heterocycles. The van der Waals surface area contributed by atoms with E-state index in [0.717, 1.165) is 0 Å². The minimum Gasteiger partial charge on any atom is -0.203 e. The molecular weight excluding hydrogens is 142 g/mol. The van der Waals surface area contributed by atoms with Gasteiger partial charge in [0.2, 0.25) is 0 Å². The van der Waals surface area contributed by atoms with Crippen LogP contribution >= 0.6 is 12.2 Å². The summed E-state index contributed by atoms with van der Waals surface area (Å²) in [5.41, 5.74) is 1.43. The summed E-state index contributed by atoms with van der Waals surface area (Å²) < 4.78 is 0. The molecule has 0 bridgehead atoms. The predicted molar refractivity (Wildman–Crippen MR) is 46.2 cm³/mol. The van der Waals surface area contributed by atoms with Gasteiger partial charge in [0.1, 0.15) is 0 Å². The van der Waals surface area contributed by atoms with Crippen LogP contribution in [0.3, 0.4) is 0 Å². The Kier molecular flexibility index (Phi) is 3.34. The molecule has 0 aliphatic heterocycles. The number of aliphatic imine (C=N–C) groups is 1. The standard InChI is InChI=1S/C8H11NS/c10-7-9-6-8-4-2-1-3-5-8/h6H,1-5H2. The maximum atomic E-state index is 4.46. The van der Waals surface area contributed by atoms with Gasteiger partial charge in [-0.15, -0.1) is 0 Å². The average Bonchev–Trinajstić information content (AvgIpc) is 2.03. The summed E-state index contributed by atoms with van der Waals surface area (Å²) in [6.07, 6.45) is 8.30. The molecule has 0 radical (unpaired) electrons. The van der Waals surface area contributed by atoms with Crippen LogP contribution in [-0.4, -0.2) is 5.16 Å². The van der Waals surface area contributed by atoms with Crippen LogP contribution < -0.4 is 0 Å². The van der Waals surface area contributed by atoms with Gasteiger partial charge in [0.15, 0.2) is 0 Å². The van der Waals surface area contributed by atoms with Crippen molar-refractivity contribution in [3.8, 4) is 0 Å². The number of isothiocyanates is 1. The van der Waals surface area contributed by atoms with Crippen molar-refractivity contribution in [1.82, 2.24) is 0 Å². The van der Waals surface area contributed by atoms with Crippen molar-refractivity contribution >= 4 is 17.4 Å². The van der Waals surface area contributed by atoms with Gasteiger partial charge in [0.25, 0.3) is 0 Å². The molecule has 0 N–H and O–H groups in total. The van der Waals surface area contributed by atoms with Crippen molar-refractivity contribution in [2.24, 2.45) is 4.99 Å². The van der Waals surface area contributed by atoms with Gasteiger partial charge >= 0.3 is 0 Å². The highest BCUT2D eigenvalue weighted by Gasteiger charge is 2.03. The lowest BCUT2D eigenvalue weighted by Crippen LogP contribution is -1.92.